The molecule has 5 heteroatoms. The molecule has 2 rings (SSSR count). The van der Waals surface area contributed by atoms with Crippen molar-refractivity contribution in [1.29, 1.82) is 0 Å². The van der Waals surface area contributed by atoms with Crippen LogP contribution in [0.5, 0.6) is 17.2 Å². The fourth-order valence-electron chi connectivity index (χ4n) is 2.13. The molecule has 0 saturated carbocycles. The van der Waals surface area contributed by atoms with Gasteiger partial charge in [-0.25, -0.2) is 4.79 Å². The van der Waals surface area contributed by atoms with E-state index in [-0.39, 0.29) is 0 Å². The van der Waals surface area contributed by atoms with Crippen LogP contribution < -0.4 is 14.2 Å². The lowest BCUT2D eigenvalue weighted by Gasteiger charge is -2.12. The van der Waals surface area contributed by atoms with Crippen molar-refractivity contribution in [3.05, 3.63) is 58.6 Å². The van der Waals surface area contributed by atoms with E-state index < -0.39 is 5.97 Å². The van der Waals surface area contributed by atoms with Crippen LogP contribution in [0.2, 0.25) is 0 Å². The summed E-state index contributed by atoms with van der Waals surface area (Å²) in [6.07, 6.45) is 4.05. The van der Waals surface area contributed by atoms with Crippen molar-refractivity contribution in [3.63, 3.8) is 0 Å². The quantitative estimate of drug-likeness (QED) is 0.322. The molecule has 0 radical (unpaired) electrons. The van der Waals surface area contributed by atoms with E-state index in [9.17, 15) is 4.79 Å². The third kappa shape index (κ3) is 6.56. The van der Waals surface area contributed by atoms with E-state index in [1.54, 1.807) is 25.3 Å². The molecule has 0 N–H and O–H groups in total. The zero-order valence-corrected chi connectivity index (χ0v) is 16.8. The predicted octanol–water partition coefficient (Wildman–Crippen LogP) is 5.50. The lowest BCUT2D eigenvalue weighted by molar-refractivity contribution is -0.128. The molecule has 0 aliphatic carbocycles. The number of carbonyl (C=O) groups excluding carboxylic acids is 1. The van der Waals surface area contributed by atoms with Crippen molar-refractivity contribution in [2.45, 2.75) is 20.3 Å². The summed E-state index contributed by atoms with van der Waals surface area (Å²) in [6, 6.07) is 12.6. The van der Waals surface area contributed by atoms with Gasteiger partial charge in [-0.05, 0) is 60.4 Å². The molecule has 0 unspecified atom stereocenters. The first-order valence-corrected chi connectivity index (χ1v) is 9.23. The van der Waals surface area contributed by atoms with Crippen molar-refractivity contribution in [2.75, 3.05) is 13.7 Å². The Morgan fingerprint density at radius 3 is 2.50 bits per heavy atom. The highest BCUT2D eigenvalue weighted by Gasteiger charge is 2.06. The van der Waals surface area contributed by atoms with Crippen LogP contribution in [0.15, 0.2) is 53.0 Å². The van der Waals surface area contributed by atoms with E-state index >= 15 is 0 Å². The Morgan fingerprint density at radius 1 is 1.12 bits per heavy atom. The Kier molecular flexibility index (Phi) is 7.73. The predicted molar refractivity (Wildman–Crippen MR) is 107 cm³/mol. The highest BCUT2D eigenvalue weighted by atomic mass is 79.9. The van der Waals surface area contributed by atoms with E-state index in [2.05, 4.69) is 29.8 Å². The van der Waals surface area contributed by atoms with Crippen LogP contribution in [0.25, 0.3) is 6.08 Å². The fraction of sp³-hybridized carbons (Fsp3) is 0.286. The summed E-state index contributed by atoms with van der Waals surface area (Å²) in [5.41, 5.74) is 0.825. The van der Waals surface area contributed by atoms with Crippen LogP contribution in [-0.4, -0.2) is 19.7 Å². The van der Waals surface area contributed by atoms with Gasteiger partial charge in [0.1, 0.15) is 5.75 Å². The van der Waals surface area contributed by atoms with Gasteiger partial charge in [-0.1, -0.05) is 35.8 Å². The Morgan fingerprint density at radius 2 is 1.85 bits per heavy atom. The second kappa shape index (κ2) is 10.0. The van der Waals surface area contributed by atoms with Gasteiger partial charge >= 0.3 is 5.97 Å². The van der Waals surface area contributed by atoms with E-state index in [1.807, 2.05) is 30.3 Å². The normalized spacial score (nSPS) is 11.0. The average molecular weight is 419 g/mol. The highest BCUT2D eigenvalue weighted by Crippen LogP contribution is 2.29. The first-order chi connectivity index (χ1) is 12.5. The van der Waals surface area contributed by atoms with Gasteiger partial charge in [0.15, 0.2) is 11.5 Å². The molecule has 2 aromatic rings. The van der Waals surface area contributed by atoms with Crippen LogP contribution in [0, 0.1) is 5.92 Å². The number of methoxy groups -OCH3 is 1. The number of rotatable bonds is 8. The fourth-order valence-corrected chi connectivity index (χ4v) is 2.39. The minimum absolute atomic E-state index is 0.441. The summed E-state index contributed by atoms with van der Waals surface area (Å²) >= 11 is 3.34. The lowest BCUT2D eigenvalue weighted by Crippen LogP contribution is -2.03. The average Bonchev–Trinajstić information content (AvgIpc) is 2.62. The maximum atomic E-state index is 11.9. The minimum atomic E-state index is -0.441. The van der Waals surface area contributed by atoms with Crippen LogP contribution in [-0.2, 0) is 4.79 Å². The number of ether oxygens (including phenoxy) is 3. The number of halogens is 1. The SMILES string of the molecule is COc1cc(/C=C/C(=O)Oc2ccc(Br)cc2)ccc1OCCC(C)C. The molecule has 0 fully saturated rings. The van der Waals surface area contributed by atoms with Crippen molar-refractivity contribution in [3.8, 4) is 17.2 Å². The Bertz CT molecular complexity index is 751. The van der Waals surface area contributed by atoms with E-state index in [0.29, 0.717) is 29.8 Å². The molecule has 0 aromatic heterocycles. The first-order valence-electron chi connectivity index (χ1n) is 8.44. The molecule has 0 bridgehead atoms. The number of esters is 1. The summed E-state index contributed by atoms with van der Waals surface area (Å²) in [7, 11) is 1.60. The van der Waals surface area contributed by atoms with Crippen LogP contribution in [0.3, 0.4) is 0 Å². The summed E-state index contributed by atoms with van der Waals surface area (Å²) in [6.45, 7) is 4.95. The van der Waals surface area contributed by atoms with Crippen LogP contribution in [0.1, 0.15) is 25.8 Å². The lowest BCUT2D eigenvalue weighted by atomic mass is 10.1. The topological polar surface area (TPSA) is 44.8 Å². The third-order valence-electron chi connectivity index (χ3n) is 3.58. The molecule has 0 saturated heterocycles. The van der Waals surface area contributed by atoms with E-state index in [4.69, 9.17) is 14.2 Å². The van der Waals surface area contributed by atoms with Crippen LogP contribution in [0.4, 0.5) is 0 Å². The van der Waals surface area contributed by atoms with Gasteiger partial charge in [0.05, 0.1) is 13.7 Å². The summed E-state index contributed by atoms with van der Waals surface area (Å²) < 4.78 is 17.3. The molecule has 138 valence electrons. The summed E-state index contributed by atoms with van der Waals surface area (Å²) in [4.78, 5) is 11.9. The third-order valence-corrected chi connectivity index (χ3v) is 4.11. The minimum Gasteiger partial charge on any atom is -0.493 e. The molecular weight excluding hydrogens is 396 g/mol. The first kappa shape index (κ1) is 20.0. The number of carbonyl (C=O) groups is 1. The zero-order chi connectivity index (χ0) is 18.9. The summed E-state index contributed by atoms with van der Waals surface area (Å²) in [5.74, 6) is 1.97. The largest absolute Gasteiger partial charge is 0.493 e. The van der Waals surface area contributed by atoms with Gasteiger partial charge < -0.3 is 14.2 Å². The molecule has 0 atom stereocenters. The van der Waals surface area contributed by atoms with Crippen molar-refractivity contribution in [1.82, 2.24) is 0 Å². The van der Waals surface area contributed by atoms with E-state index in [0.717, 1.165) is 16.5 Å². The zero-order valence-electron chi connectivity index (χ0n) is 15.2. The van der Waals surface area contributed by atoms with Crippen molar-refractivity contribution in [2.24, 2.45) is 5.92 Å². The van der Waals surface area contributed by atoms with Crippen molar-refractivity contribution >= 4 is 28.0 Å². The number of benzene rings is 2. The van der Waals surface area contributed by atoms with Crippen LogP contribution >= 0.6 is 15.9 Å². The molecule has 0 aliphatic heterocycles. The molecule has 0 aliphatic rings. The summed E-state index contributed by atoms with van der Waals surface area (Å²) in [5, 5.41) is 0. The Hall–Kier alpha value is -2.27. The van der Waals surface area contributed by atoms with E-state index in [1.165, 1.54) is 6.08 Å². The van der Waals surface area contributed by atoms with Gasteiger partial charge in [0, 0.05) is 10.5 Å². The van der Waals surface area contributed by atoms with Gasteiger partial charge in [-0.2, -0.15) is 0 Å². The second-order valence-electron chi connectivity index (χ2n) is 6.15. The smallest absolute Gasteiger partial charge is 0.336 e. The molecule has 0 amide bonds. The maximum Gasteiger partial charge on any atom is 0.336 e. The molecular formula is C21H23BrO4. The van der Waals surface area contributed by atoms with Gasteiger partial charge in [0.2, 0.25) is 0 Å². The highest BCUT2D eigenvalue weighted by molar-refractivity contribution is 9.10. The maximum absolute atomic E-state index is 11.9. The Balaban J connectivity index is 1.98. The molecule has 2 aromatic carbocycles. The Labute approximate surface area is 162 Å². The molecule has 0 spiro atoms. The molecule has 0 heterocycles. The standard InChI is InChI=1S/C21H23BrO4/c1-15(2)12-13-25-19-10-4-16(14-20(19)24-3)5-11-21(23)26-18-8-6-17(22)7-9-18/h4-11,14-15H,12-13H2,1-3H3/b11-5+. The number of hydrogen-bond donors (Lipinski definition) is 0. The molecule has 26 heavy (non-hydrogen) atoms. The van der Waals surface area contributed by atoms with Gasteiger partial charge in [0.25, 0.3) is 0 Å². The van der Waals surface area contributed by atoms with Gasteiger partial charge in [-0.3, -0.25) is 0 Å². The van der Waals surface area contributed by atoms with Gasteiger partial charge in [-0.15, -0.1) is 0 Å². The molecule has 4 nitrogen and oxygen atoms in total. The van der Waals surface area contributed by atoms with Crippen molar-refractivity contribution < 1.29 is 19.0 Å². The number of hydrogen-bond acceptors (Lipinski definition) is 4. The second-order valence-corrected chi connectivity index (χ2v) is 7.07. The monoisotopic (exact) mass is 418 g/mol.